The molecule has 0 radical (unpaired) electrons. The second kappa shape index (κ2) is 12.3. The fraction of sp³-hybridized carbons (Fsp3) is 0.250. The van der Waals surface area contributed by atoms with Gasteiger partial charge in [0.25, 0.3) is 0 Å². The fourth-order valence-corrected chi connectivity index (χ4v) is 5.82. The first-order valence-electron chi connectivity index (χ1n) is 13.9. The maximum atomic E-state index is 13.6. The van der Waals surface area contributed by atoms with Crippen LogP contribution in [0.2, 0.25) is 5.15 Å². The number of benzene rings is 3. The van der Waals surface area contributed by atoms with E-state index < -0.39 is 18.3 Å². The van der Waals surface area contributed by atoms with Crippen molar-refractivity contribution in [1.82, 2.24) is 24.4 Å². The van der Waals surface area contributed by atoms with E-state index >= 15 is 0 Å². The molecule has 10 heteroatoms. The van der Waals surface area contributed by atoms with Crippen LogP contribution in [0.3, 0.4) is 0 Å². The first kappa shape index (κ1) is 27.8. The van der Waals surface area contributed by atoms with Gasteiger partial charge in [-0.25, -0.2) is 9.78 Å². The lowest BCUT2D eigenvalue weighted by Gasteiger charge is -2.35. The predicted molar refractivity (Wildman–Crippen MR) is 161 cm³/mol. The minimum atomic E-state index is -0.739. The molecule has 1 aliphatic heterocycles. The number of hydrogen-bond donors (Lipinski definition) is 1. The summed E-state index contributed by atoms with van der Waals surface area (Å²) >= 11 is 6.36. The Labute approximate surface area is 248 Å². The molecular weight excluding hydrogens is 552 g/mol. The van der Waals surface area contributed by atoms with E-state index in [2.05, 4.69) is 51.0 Å². The Morgan fingerprint density at radius 1 is 0.952 bits per heavy atom. The number of carbonyl (C=O) groups is 1. The van der Waals surface area contributed by atoms with Crippen molar-refractivity contribution in [1.29, 1.82) is 0 Å². The van der Waals surface area contributed by atoms with Crippen molar-refractivity contribution in [2.75, 3.05) is 5.73 Å². The Balaban J connectivity index is 1.45. The normalized spacial score (nSPS) is 20.3. The number of hydrogen-bond acceptors (Lipinski definition) is 8. The molecule has 0 saturated carbocycles. The average molecular weight is 583 g/mol. The number of imidazole rings is 1. The minimum Gasteiger partial charge on any atom is -0.452 e. The Bertz CT molecular complexity index is 1610. The molecule has 1 unspecified atom stereocenters. The first-order chi connectivity index (χ1) is 20.5. The summed E-state index contributed by atoms with van der Waals surface area (Å²) in [6.07, 6.45) is 0.542. The molecule has 1 aliphatic rings. The van der Waals surface area contributed by atoms with E-state index in [1.807, 2.05) is 54.6 Å². The van der Waals surface area contributed by atoms with E-state index in [0.717, 1.165) is 11.1 Å². The van der Waals surface area contributed by atoms with E-state index in [1.54, 1.807) is 23.0 Å². The molecule has 0 spiro atoms. The van der Waals surface area contributed by atoms with E-state index in [-0.39, 0.29) is 23.2 Å². The molecule has 0 aliphatic carbocycles. The number of ether oxygens (including phenoxy) is 2. The molecule has 9 nitrogen and oxygen atoms in total. The van der Waals surface area contributed by atoms with Gasteiger partial charge in [-0.1, -0.05) is 97.4 Å². The van der Waals surface area contributed by atoms with Crippen LogP contribution in [-0.2, 0) is 22.6 Å². The van der Waals surface area contributed by atoms with E-state index in [1.165, 1.54) is 0 Å². The van der Waals surface area contributed by atoms with Gasteiger partial charge in [-0.15, -0.1) is 0 Å². The van der Waals surface area contributed by atoms with Gasteiger partial charge in [0.05, 0.1) is 24.0 Å². The lowest BCUT2D eigenvalue weighted by Crippen LogP contribution is -2.48. The van der Waals surface area contributed by atoms with Gasteiger partial charge in [-0.05, 0) is 29.7 Å². The summed E-state index contributed by atoms with van der Waals surface area (Å²) in [5.41, 5.74) is 9.50. The number of esters is 1. The van der Waals surface area contributed by atoms with Crippen LogP contribution in [-0.4, -0.2) is 48.6 Å². The highest BCUT2D eigenvalue weighted by molar-refractivity contribution is 6.33. The number of aromatic nitrogens is 4. The van der Waals surface area contributed by atoms with Crippen LogP contribution in [0, 0.1) is 0 Å². The molecule has 0 amide bonds. The van der Waals surface area contributed by atoms with Crippen LogP contribution < -0.4 is 5.73 Å². The predicted octanol–water partition coefficient (Wildman–Crippen LogP) is 5.67. The molecule has 2 aromatic heterocycles. The van der Waals surface area contributed by atoms with Crippen LogP contribution in [0.15, 0.2) is 97.3 Å². The summed E-state index contributed by atoms with van der Waals surface area (Å²) in [6, 6.07) is 29.2. The zero-order valence-electron chi connectivity index (χ0n) is 23.1. The van der Waals surface area contributed by atoms with Crippen molar-refractivity contribution < 1.29 is 14.3 Å². The monoisotopic (exact) mass is 582 g/mol. The number of nitrogens with two attached hydrogens (primary N) is 1. The maximum absolute atomic E-state index is 13.6. The third-order valence-electron chi connectivity index (χ3n) is 7.52. The summed E-state index contributed by atoms with van der Waals surface area (Å²) in [6.45, 7) is 3.32. The zero-order chi connectivity index (χ0) is 29.1. The quantitative estimate of drug-likeness (QED) is 0.175. The fourth-order valence-electron chi connectivity index (χ4n) is 5.60. The van der Waals surface area contributed by atoms with Crippen LogP contribution >= 0.6 is 11.6 Å². The molecule has 2 N–H and O–H groups in total. The Kier molecular flexibility index (Phi) is 8.14. The van der Waals surface area contributed by atoms with Crippen molar-refractivity contribution in [3.8, 4) is 0 Å². The summed E-state index contributed by atoms with van der Waals surface area (Å²) in [5, 5.41) is 0.144. The molecule has 5 aromatic rings. The third kappa shape index (κ3) is 5.72. The Morgan fingerprint density at radius 3 is 2.14 bits per heavy atom. The second-order valence-electron chi connectivity index (χ2n) is 10.3. The molecule has 42 heavy (non-hydrogen) atoms. The summed E-state index contributed by atoms with van der Waals surface area (Å²) in [7, 11) is 0. The van der Waals surface area contributed by atoms with Gasteiger partial charge in [0.2, 0.25) is 5.95 Å². The number of nitrogens with zero attached hydrogens (tertiary/aromatic N) is 5. The van der Waals surface area contributed by atoms with E-state index in [4.69, 9.17) is 26.8 Å². The molecule has 6 rings (SSSR count). The van der Waals surface area contributed by atoms with Crippen molar-refractivity contribution in [3.05, 3.63) is 119 Å². The lowest BCUT2D eigenvalue weighted by atomic mass is 10.00. The molecule has 3 aromatic carbocycles. The minimum absolute atomic E-state index is 0.0171. The van der Waals surface area contributed by atoms with Crippen molar-refractivity contribution in [3.63, 3.8) is 0 Å². The van der Waals surface area contributed by atoms with Crippen LogP contribution in [0.25, 0.3) is 11.2 Å². The largest absolute Gasteiger partial charge is 0.452 e. The third-order valence-corrected chi connectivity index (χ3v) is 7.78. The first-order valence-corrected chi connectivity index (χ1v) is 14.3. The van der Waals surface area contributed by atoms with Gasteiger partial charge in [-0.2, -0.15) is 9.97 Å². The highest BCUT2D eigenvalue weighted by Crippen LogP contribution is 2.39. The Morgan fingerprint density at radius 2 is 1.55 bits per heavy atom. The highest BCUT2D eigenvalue weighted by Gasteiger charge is 2.50. The summed E-state index contributed by atoms with van der Waals surface area (Å²) in [5.74, 6) is -0.421. The topological polar surface area (TPSA) is 108 Å². The molecule has 3 heterocycles. The SMILES string of the molecule is CC[C@H]1O[C@@H](n2cnc3c(Cl)nc(N)nc32)C(OC(=O)c2ccccc2)[C@H]1N(Cc1ccccc1)Cc1ccccc1. The molecule has 1 saturated heterocycles. The van der Waals surface area contributed by atoms with Crippen molar-refractivity contribution in [2.45, 2.75) is 50.9 Å². The van der Waals surface area contributed by atoms with E-state index in [0.29, 0.717) is 36.2 Å². The molecule has 4 atom stereocenters. The van der Waals surface area contributed by atoms with Crippen LogP contribution in [0.1, 0.15) is 41.1 Å². The van der Waals surface area contributed by atoms with Crippen LogP contribution in [0.4, 0.5) is 5.95 Å². The van der Waals surface area contributed by atoms with Gasteiger partial charge in [0, 0.05) is 13.1 Å². The number of halogens is 1. The van der Waals surface area contributed by atoms with Crippen molar-refractivity contribution in [2.24, 2.45) is 0 Å². The van der Waals surface area contributed by atoms with Gasteiger partial charge in [-0.3, -0.25) is 9.47 Å². The molecule has 1 fully saturated rings. The standard InChI is InChI=1S/C32H31ClN6O3/c1-2-24-26(38(18-21-12-6-3-7-13-21)19-22-14-8-4-9-15-22)27(42-31(40)23-16-10-5-11-17-23)30(41-24)39-20-35-25-28(33)36-32(34)37-29(25)39/h3-17,20,24,26-27,30H,2,18-19H2,1H3,(H2,34,36,37)/t24-,26+,27?,30-/m1/s1. The Hall–Kier alpha value is -4.31. The van der Waals surface area contributed by atoms with E-state index in [9.17, 15) is 4.79 Å². The average Bonchev–Trinajstić information content (AvgIpc) is 3.59. The van der Waals surface area contributed by atoms with Gasteiger partial charge < -0.3 is 15.2 Å². The smallest absolute Gasteiger partial charge is 0.338 e. The second-order valence-corrected chi connectivity index (χ2v) is 10.6. The molecular formula is C32H31ClN6O3. The number of rotatable bonds is 9. The number of fused-ring (bicyclic) bond motifs is 1. The van der Waals surface area contributed by atoms with Gasteiger partial charge in [0.15, 0.2) is 23.1 Å². The summed E-state index contributed by atoms with van der Waals surface area (Å²) in [4.78, 5) is 28.8. The zero-order valence-corrected chi connectivity index (χ0v) is 23.8. The van der Waals surface area contributed by atoms with Gasteiger partial charge in [0.1, 0.15) is 5.52 Å². The van der Waals surface area contributed by atoms with Crippen LogP contribution in [0.5, 0.6) is 0 Å². The number of carbonyl (C=O) groups excluding carboxylic acids is 1. The molecule has 214 valence electrons. The maximum Gasteiger partial charge on any atom is 0.338 e. The van der Waals surface area contributed by atoms with Crippen molar-refractivity contribution >= 4 is 34.7 Å². The molecule has 0 bridgehead atoms. The van der Waals surface area contributed by atoms with Gasteiger partial charge >= 0.3 is 5.97 Å². The number of nitrogen functional groups attached to an aromatic ring is 1. The highest BCUT2D eigenvalue weighted by atomic mass is 35.5. The number of anilines is 1. The lowest BCUT2D eigenvalue weighted by molar-refractivity contribution is -0.0473. The summed E-state index contributed by atoms with van der Waals surface area (Å²) < 4.78 is 14.8.